The molecular weight excluding hydrogens is 240 g/mol. The lowest BCUT2D eigenvalue weighted by Gasteiger charge is -1.81. The van der Waals surface area contributed by atoms with Crippen LogP contribution in [0.1, 0.15) is 0 Å². The van der Waals surface area contributed by atoms with Gasteiger partial charge in [-0.15, -0.1) is 22.7 Å². The van der Waals surface area contributed by atoms with Gasteiger partial charge in [-0.1, -0.05) is 0 Å². The third-order valence-corrected chi connectivity index (χ3v) is 3.99. The average Bonchev–Trinajstić information content (AvgIpc) is 2.75. The molecule has 0 bridgehead atoms. The van der Waals surface area contributed by atoms with Crippen LogP contribution in [-0.4, -0.2) is 10.1 Å². The Balaban J connectivity index is 2.18. The van der Waals surface area contributed by atoms with E-state index in [1.165, 1.54) is 9.40 Å². The molecule has 0 aliphatic rings. The average molecular weight is 243 g/mol. The van der Waals surface area contributed by atoms with E-state index in [4.69, 9.17) is 16.1 Å². The van der Waals surface area contributed by atoms with Crippen LogP contribution in [0.3, 0.4) is 0 Å². The summed E-state index contributed by atoms with van der Waals surface area (Å²) in [7, 11) is 0. The van der Waals surface area contributed by atoms with E-state index in [-0.39, 0.29) is 5.28 Å². The highest BCUT2D eigenvalue weighted by Gasteiger charge is 2.11. The minimum absolute atomic E-state index is 0.150. The Bertz CT molecular complexity index is 554. The van der Waals surface area contributed by atoms with Gasteiger partial charge in [-0.3, -0.25) is 0 Å². The Morgan fingerprint density at radius 3 is 3.00 bits per heavy atom. The Morgan fingerprint density at radius 1 is 1.36 bits per heavy atom. The first-order chi connectivity index (χ1) is 6.83. The summed E-state index contributed by atoms with van der Waals surface area (Å²) < 4.78 is 7.44. The Hall–Kier alpha value is -0.910. The first kappa shape index (κ1) is 8.40. The van der Waals surface area contributed by atoms with Crippen LogP contribution in [0, 0.1) is 0 Å². The maximum absolute atomic E-state index is 5.57. The van der Waals surface area contributed by atoms with E-state index < -0.39 is 0 Å². The highest BCUT2D eigenvalue weighted by molar-refractivity contribution is 7.28. The summed E-state index contributed by atoms with van der Waals surface area (Å²) in [6, 6.07) is 4.11. The van der Waals surface area contributed by atoms with Crippen LogP contribution in [0.15, 0.2) is 22.0 Å². The molecule has 0 radical (unpaired) electrons. The molecule has 3 nitrogen and oxygen atoms in total. The Morgan fingerprint density at radius 2 is 2.29 bits per heavy atom. The SMILES string of the molecule is Clc1noc(-c2cc3sccc3s2)n1. The Kier molecular flexibility index (Phi) is 1.83. The predicted molar refractivity (Wildman–Crippen MR) is 58.0 cm³/mol. The van der Waals surface area contributed by atoms with E-state index in [0.29, 0.717) is 5.89 Å². The van der Waals surface area contributed by atoms with Crippen molar-refractivity contribution in [2.75, 3.05) is 0 Å². The zero-order chi connectivity index (χ0) is 9.54. The maximum atomic E-state index is 5.57. The fourth-order valence-corrected chi connectivity index (χ4v) is 3.32. The summed E-state index contributed by atoms with van der Waals surface area (Å²) in [6.07, 6.45) is 0. The zero-order valence-corrected chi connectivity index (χ0v) is 9.12. The first-order valence-corrected chi connectivity index (χ1v) is 5.87. The normalized spacial score (nSPS) is 11.2. The second-order valence-electron chi connectivity index (χ2n) is 2.63. The predicted octanol–water partition coefficient (Wildman–Crippen LogP) is 3.67. The van der Waals surface area contributed by atoms with Gasteiger partial charge in [0.1, 0.15) is 0 Å². The number of halogens is 1. The molecule has 0 saturated carbocycles. The van der Waals surface area contributed by atoms with Gasteiger partial charge in [0, 0.05) is 9.40 Å². The van der Waals surface area contributed by atoms with Crippen LogP contribution < -0.4 is 0 Å². The fourth-order valence-electron chi connectivity index (χ4n) is 1.18. The van der Waals surface area contributed by atoms with Crippen LogP contribution in [0.2, 0.25) is 5.28 Å². The standard InChI is InChI=1S/C8H3ClN2OS2/c9-8-10-7(12-11-8)6-3-5-4(14-6)1-2-13-5/h1-3H. The van der Waals surface area contributed by atoms with Gasteiger partial charge in [0.25, 0.3) is 11.2 Å². The van der Waals surface area contributed by atoms with Crippen molar-refractivity contribution in [2.45, 2.75) is 0 Å². The lowest BCUT2D eigenvalue weighted by Crippen LogP contribution is -1.68. The highest BCUT2D eigenvalue weighted by Crippen LogP contribution is 2.35. The third kappa shape index (κ3) is 1.25. The van der Waals surface area contributed by atoms with Gasteiger partial charge in [0.05, 0.1) is 4.88 Å². The molecule has 0 unspecified atom stereocenters. The van der Waals surface area contributed by atoms with Crippen LogP contribution in [0.5, 0.6) is 0 Å². The van der Waals surface area contributed by atoms with Crippen molar-refractivity contribution in [2.24, 2.45) is 0 Å². The molecule has 70 valence electrons. The fraction of sp³-hybridized carbons (Fsp3) is 0. The summed E-state index contributed by atoms with van der Waals surface area (Å²) >= 11 is 8.90. The van der Waals surface area contributed by atoms with E-state index in [1.807, 2.05) is 6.07 Å². The molecule has 0 aromatic carbocycles. The number of aromatic nitrogens is 2. The topological polar surface area (TPSA) is 38.9 Å². The van der Waals surface area contributed by atoms with Gasteiger partial charge in [0.15, 0.2) is 0 Å². The van der Waals surface area contributed by atoms with Gasteiger partial charge < -0.3 is 4.52 Å². The van der Waals surface area contributed by atoms with Gasteiger partial charge in [0.2, 0.25) is 0 Å². The van der Waals surface area contributed by atoms with Crippen molar-refractivity contribution < 1.29 is 4.52 Å². The minimum Gasteiger partial charge on any atom is -0.332 e. The van der Waals surface area contributed by atoms with Gasteiger partial charge in [-0.2, -0.15) is 4.98 Å². The van der Waals surface area contributed by atoms with Crippen LogP contribution in [0.25, 0.3) is 20.2 Å². The first-order valence-electron chi connectivity index (χ1n) is 3.79. The lowest BCUT2D eigenvalue weighted by atomic mass is 10.4. The van der Waals surface area contributed by atoms with Crippen molar-refractivity contribution in [1.29, 1.82) is 0 Å². The van der Waals surface area contributed by atoms with Crippen molar-refractivity contribution in [3.8, 4) is 10.8 Å². The monoisotopic (exact) mass is 242 g/mol. The van der Waals surface area contributed by atoms with Crippen LogP contribution in [0.4, 0.5) is 0 Å². The summed E-state index contributed by atoms with van der Waals surface area (Å²) in [6.45, 7) is 0. The number of nitrogens with zero attached hydrogens (tertiary/aromatic N) is 2. The lowest BCUT2D eigenvalue weighted by molar-refractivity contribution is 0.431. The van der Waals surface area contributed by atoms with Crippen LogP contribution >= 0.6 is 34.3 Å². The third-order valence-electron chi connectivity index (χ3n) is 1.75. The molecule has 14 heavy (non-hydrogen) atoms. The van der Waals surface area contributed by atoms with Gasteiger partial charge in [-0.05, 0) is 34.3 Å². The summed E-state index contributed by atoms with van der Waals surface area (Å²) in [5, 5.41) is 5.75. The van der Waals surface area contributed by atoms with Crippen molar-refractivity contribution >= 4 is 43.7 Å². The van der Waals surface area contributed by atoms with Gasteiger partial charge in [-0.25, -0.2) is 0 Å². The van der Waals surface area contributed by atoms with Gasteiger partial charge >= 0.3 is 0 Å². The van der Waals surface area contributed by atoms with E-state index in [1.54, 1.807) is 22.7 Å². The molecule has 0 saturated heterocycles. The molecule has 3 aromatic rings. The largest absolute Gasteiger partial charge is 0.332 e. The minimum atomic E-state index is 0.150. The molecule has 0 amide bonds. The molecule has 3 heterocycles. The van der Waals surface area contributed by atoms with E-state index in [0.717, 1.165) is 4.88 Å². The van der Waals surface area contributed by atoms with Crippen molar-refractivity contribution in [1.82, 2.24) is 10.1 Å². The van der Waals surface area contributed by atoms with E-state index >= 15 is 0 Å². The maximum Gasteiger partial charge on any atom is 0.269 e. The highest BCUT2D eigenvalue weighted by atomic mass is 35.5. The number of hydrogen-bond donors (Lipinski definition) is 0. The second-order valence-corrected chi connectivity index (χ2v) is 5.00. The van der Waals surface area contributed by atoms with E-state index in [9.17, 15) is 0 Å². The summed E-state index contributed by atoms with van der Waals surface area (Å²) in [4.78, 5) is 4.92. The van der Waals surface area contributed by atoms with E-state index in [2.05, 4.69) is 21.6 Å². The number of thiophene rings is 2. The summed E-state index contributed by atoms with van der Waals surface area (Å²) in [5.74, 6) is 0.489. The zero-order valence-electron chi connectivity index (χ0n) is 6.73. The second kappa shape index (κ2) is 3.05. The molecule has 0 aliphatic heterocycles. The quantitative estimate of drug-likeness (QED) is 0.654. The smallest absolute Gasteiger partial charge is 0.269 e. The molecule has 3 rings (SSSR count). The molecular formula is C8H3ClN2OS2. The summed E-state index contributed by atoms with van der Waals surface area (Å²) in [5.41, 5.74) is 0. The number of hydrogen-bond acceptors (Lipinski definition) is 5. The number of rotatable bonds is 1. The molecule has 0 aliphatic carbocycles. The molecule has 0 N–H and O–H groups in total. The molecule has 0 fully saturated rings. The number of fused-ring (bicyclic) bond motifs is 1. The molecule has 6 heteroatoms. The molecule has 3 aromatic heterocycles. The van der Waals surface area contributed by atoms with Crippen molar-refractivity contribution in [3.05, 3.63) is 22.8 Å². The molecule has 0 spiro atoms. The van der Waals surface area contributed by atoms with Crippen LogP contribution in [-0.2, 0) is 0 Å². The Labute approximate surface area is 91.9 Å². The van der Waals surface area contributed by atoms with Crippen molar-refractivity contribution in [3.63, 3.8) is 0 Å². The molecule has 0 atom stereocenters.